The van der Waals surface area contributed by atoms with Crippen LogP contribution in [0.5, 0.6) is 0 Å². The minimum atomic E-state index is 0.185. The summed E-state index contributed by atoms with van der Waals surface area (Å²) in [6, 6.07) is 0. The summed E-state index contributed by atoms with van der Waals surface area (Å²) in [4.78, 5) is 0. The number of ether oxygens (including phenoxy) is 1. The van der Waals surface area contributed by atoms with Crippen LogP contribution in [0, 0.1) is 6.92 Å². The van der Waals surface area contributed by atoms with E-state index in [1.807, 2.05) is 6.08 Å². The molecule has 0 aromatic heterocycles. The Labute approximate surface area is 37.6 Å². The first-order chi connectivity index (χ1) is 2.89. The average molecular weight is 83.1 g/mol. The monoisotopic (exact) mass is 83.0 g/mol. The molecule has 1 atom stereocenters. The zero-order valence-electron chi connectivity index (χ0n) is 3.55. The van der Waals surface area contributed by atoms with Crippen molar-refractivity contribution in [3.63, 3.8) is 0 Å². The highest BCUT2D eigenvalue weighted by molar-refractivity contribution is 4.87. The molecule has 1 aliphatic heterocycles. The average Bonchev–Trinajstić information content (AvgIpc) is 1.86. The van der Waals surface area contributed by atoms with Crippen molar-refractivity contribution in [1.82, 2.24) is 0 Å². The van der Waals surface area contributed by atoms with Crippen molar-refractivity contribution in [3.05, 3.63) is 19.3 Å². The van der Waals surface area contributed by atoms with Gasteiger partial charge in [-0.1, -0.05) is 0 Å². The molecular weight excluding hydrogens is 76.1 g/mol. The highest BCUT2D eigenvalue weighted by Crippen LogP contribution is 2.05. The van der Waals surface area contributed by atoms with Crippen LogP contribution in [0.15, 0.2) is 12.3 Å². The van der Waals surface area contributed by atoms with Gasteiger partial charge in [0, 0.05) is 6.42 Å². The fourth-order valence-corrected chi connectivity index (χ4v) is 0.430. The van der Waals surface area contributed by atoms with E-state index in [-0.39, 0.29) is 6.10 Å². The second-order valence-corrected chi connectivity index (χ2v) is 1.37. The molecule has 1 nitrogen and oxygen atoms in total. The Morgan fingerprint density at radius 1 is 1.83 bits per heavy atom. The smallest absolute Gasteiger partial charge is 0.101 e. The summed E-state index contributed by atoms with van der Waals surface area (Å²) < 4.78 is 4.86. The first-order valence-electron chi connectivity index (χ1n) is 2.03. The Bertz CT molecular complexity index is 58.3. The Morgan fingerprint density at radius 3 is 2.83 bits per heavy atom. The number of hydrogen-bond acceptors (Lipinski definition) is 1. The van der Waals surface area contributed by atoms with E-state index in [2.05, 4.69) is 6.92 Å². The van der Waals surface area contributed by atoms with Gasteiger partial charge in [-0.15, -0.1) is 0 Å². The summed E-state index contributed by atoms with van der Waals surface area (Å²) in [5, 5.41) is 0. The predicted octanol–water partition coefficient (Wildman–Crippen LogP) is 1.12. The van der Waals surface area contributed by atoms with E-state index in [1.54, 1.807) is 6.26 Å². The fraction of sp³-hybridized carbons (Fsp3) is 0.400. The Balaban J connectivity index is 2.32. The molecule has 1 rings (SSSR count). The zero-order valence-corrected chi connectivity index (χ0v) is 3.55. The van der Waals surface area contributed by atoms with Crippen molar-refractivity contribution in [2.24, 2.45) is 0 Å². The Morgan fingerprint density at radius 2 is 2.67 bits per heavy atom. The maximum atomic E-state index is 4.86. The molecular formula is C5H7O. The lowest BCUT2D eigenvalue weighted by Crippen LogP contribution is -1.94. The summed E-state index contributed by atoms with van der Waals surface area (Å²) in [5.41, 5.74) is 0. The van der Waals surface area contributed by atoms with Gasteiger partial charge in [0.2, 0.25) is 0 Å². The number of hydrogen-bond donors (Lipinski definition) is 0. The van der Waals surface area contributed by atoms with Crippen LogP contribution in [-0.4, -0.2) is 6.10 Å². The van der Waals surface area contributed by atoms with E-state index >= 15 is 0 Å². The first kappa shape index (κ1) is 3.72. The highest BCUT2D eigenvalue weighted by Gasteiger charge is 2.00. The molecule has 0 aromatic rings. The van der Waals surface area contributed by atoms with Crippen molar-refractivity contribution in [2.75, 3.05) is 0 Å². The van der Waals surface area contributed by atoms with Gasteiger partial charge >= 0.3 is 0 Å². The third-order valence-corrected chi connectivity index (χ3v) is 0.766. The van der Waals surface area contributed by atoms with Crippen LogP contribution in [0.2, 0.25) is 0 Å². The maximum Gasteiger partial charge on any atom is 0.101 e. The van der Waals surface area contributed by atoms with Crippen molar-refractivity contribution in [3.8, 4) is 0 Å². The molecule has 0 amide bonds. The first-order valence-corrected chi connectivity index (χ1v) is 2.03. The Kier molecular flexibility index (Phi) is 0.825. The molecule has 0 aromatic carbocycles. The van der Waals surface area contributed by atoms with E-state index in [9.17, 15) is 0 Å². The largest absolute Gasteiger partial charge is 0.498 e. The highest BCUT2D eigenvalue weighted by atomic mass is 16.5. The van der Waals surface area contributed by atoms with E-state index in [4.69, 9.17) is 4.74 Å². The molecule has 0 saturated carbocycles. The lowest BCUT2D eigenvalue weighted by molar-refractivity contribution is 0.212. The Hall–Kier alpha value is -0.460. The van der Waals surface area contributed by atoms with E-state index < -0.39 is 0 Å². The molecule has 1 radical (unpaired) electrons. The molecule has 1 unspecified atom stereocenters. The topological polar surface area (TPSA) is 9.23 Å². The summed E-state index contributed by atoms with van der Waals surface area (Å²) >= 11 is 0. The lowest BCUT2D eigenvalue weighted by atomic mass is 10.3. The zero-order chi connectivity index (χ0) is 4.41. The van der Waals surface area contributed by atoms with E-state index in [0.717, 1.165) is 6.42 Å². The van der Waals surface area contributed by atoms with Gasteiger partial charge in [-0.2, -0.15) is 0 Å². The van der Waals surface area contributed by atoms with Gasteiger partial charge in [0.25, 0.3) is 0 Å². The standard InChI is InChI=1S/C5H7O/c1-5-3-2-4-6-5/h2,4-5H,1,3H2. The van der Waals surface area contributed by atoms with Gasteiger partial charge in [-0.05, 0) is 13.0 Å². The minimum absolute atomic E-state index is 0.185. The SMILES string of the molecule is [CH2]C1CC=CO1. The summed E-state index contributed by atoms with van der Waals surface area (Å²) in [7, 11) is 0. The van der Waals surface area contributed by atoms with Crippen LogP contribution in [0.1, 0.15) is 6.42 Å². The van der Waals surface area contributed by atoms with Crippen molar-refractivity contribution in [2.45, 2.75) is 12.5 Å². The molecule has 1 heteroatoms. The molecule has 0 fully saturated rings. The third-order valence-electron chi connectivity index (χ3n) is 0.766. The van der Waals surface area contributed by atoms with Crippen molar-refractivity contribution >= 4 is 0 Å². The van der Waals surface area contributed by atoms with Crippen molar-refractivity contribution in [1.29, 1.82) is 0 Å². The van der Waals surface area contributed by atoms with Crippen LogP contribution in [0.4, 0.5) is 0 Å². The van der Waals surface area contributed by atoms with Gasteiger partial charge in [-0.25, -0.2) is 0 Å². The molecule has 0 N–H and O–H groups in total. The molecule has 0 bridgehead atoms. The van der Waals surface area contributed by atoms with Gasteiger partial charge in [0.15, 0.2) is 0 Å². The van der Waals surface area contributed by atoms with Gasteiger partial charge in [0.05, 0.1) is 6.26 Å². The molecule has 1 aliphatic rings. The van der Waals surface area contributed by atoms with Crippen LogP contribution in [0.3, 0.4) is 0 Å². The van der Waals surface area contributed by atoms with Crippen LogP contribution >= 0.6 is 0 Å². The quantitative estimate of drug-likeness (QED) is 0.426. The van der Waals surface area contributed by atoms with Crippen LogP contribution in [-0.2, 0) is 4.74 Å². The summed E-state index contributed by atoms with van der Waals surface area (Å²) in [6.07, 6.45) is 4.82. The third kappa shape index (κ3) is 0.534. The second-order valence-electron chi connectivity index (χ2n) is 1.37. The summed E-state index contributed by atoms with van der Waals surface area (Å²) in [5.74, 6) is 0. The van der Waals surface area contributed by atoms with E-state index in [0.29, 0.717) is 0 Å². The van der Waals surface area contributed by atoms with Crippen LogP contribution < -0.4 is 0 Å². The fourth-order valence-electron chi connectivity index (χ4n) is 0.430. The van der Waals surface area contributed by atoms with Gasteiger partial charge in [-0.3, -0.25) is 0 Å². The van der Waals surface area contributed by atoms with Crippen LogP contribution in [0.25, 0.3) is 0 Å². The molecule has 33 valence electrons. The number of rotatable bonds is 0. The maximum absolute atomic E-state index is 4.86. The molecule has 0 spiro atoms. The predicted molar refractivity (Wildman–Crippen MR) is 24.0 cm³/mol. The summed E-state index contributed by atoms with van der Waals surface area (Å²) in [6.45, 7) is 3.65. The minimum Gasteiger partial charge on any atom is -0.498 e. The lowest BCUT2D eigenvalue weighted by Gasteiger charge is -1.96. The van der Waals surface area contributed by atoms with E-state index in [1.165, 1.54) is 0 Å². The molecule has 0 aliphatic carbocycles. The molecule has 1 heterocycles. The molecule has 6 heavy (non-hydrogen) atoms. The van der Waals surface area contributed by atoms with Gasteiger partial charge < -0.3 is 4.74 Å². The normalized spacial score (nSPS) is 30.5. The van der Waals surface area contributed by atoms with Crippen molar-refractivity contribution < 1.29 is 4.74 Å². The second kappa shape index (κ2) is 1.33. The van der Waals surface area contributed by atoms with Gasteiger partial charge in [0.1, 0.15) is 6.10 Å². The molecule has 0 saturated heterocycles.